The van der Waals surface area contributed by atoms with Crippen molar-refractivity contribution < 1.29 is 4.79 Å². The lowest BCUT2D eigenvalue weighted by atomic mass is 10.2. The zero-order valence-electron chi connectivity index (χ0n) is 16.7. The van der Waals surface area contributed by atoms with Crippen molar-refractivity contribution in [3.8, 4) is 5.69 Å². The maximum Gasteiger partial charge on any atom is 0.266 e. The summed E-state index contributed by atoms with van der Waals surface area (Å²) in [7, 11) is 0. The van der Waals surface area contributed by atoms with Crippen molar-refractivity contribution in [2.75, 3.05) is 11.1 Å². The number of amides is 1. The minimum absolute atomic E-state index is 0.00718. The van der Waals surface area contributed by atoms with E-state index in [0.29, 0.717) is 42.5 Å². The first-order valence-electron chi connectivity index (χ1n) is 9.50. The minimum atomic E-state index is -0.309. The number of carbonyl (C=O) groups is 1. The third kappa shape index (κ3) is 4.64. The van der Waals surface area contributed by atoms with Crippen LogP contribution < -0.4 is 10.9 Å². The Hall–Kier alpha value is -2.51. The standard InChI is InChI=1S/C23H16Cl3N3O2S/c1-13-16(25)6-4-8-20(13)29-22(31)15-5-2-3-7-18(15)28-23(29)32-12-21(30)27-19-11-14(24)9-10-17(19)26/h2-11H,12H2,1H3,(H,27,30). The Morgan fingerprint density at radius 3 is 2.62 bits per heavy atom. The highest BCUT2D eigenvalue weighted by Gasteiger charge is 2.17. The summed E-state index contributed by atoms with van der Waals surface area (Å²) in [5, 5.41) is 4.97. The van der Waals surface area contributed by atoms with Gasteiger partial charge in [-0.25, -0.2) is 4.98 Å². The van der Waals surface area contributed by atoms with E-state index in [-0.39, 0.29) is 17.2 Å². The summed E-state index contributed by atoms with van der Waals surface area (Å²) in [6.45, 7) is 1.83. The molecule has 1 N–H and O–H groups in total. The number of benzene rings is 3. The van der Waals surface area contributed by atoms with Crippen LogP contribution in [0.4, 0.5) is 5.69 Å². The number of carbonyl (C=O) groups excluding carboxylic acids is 1. The normalized spacial score (nSPS) is 11.0. The number of halogens is 3. The number of rotatable bonds is 5. The second kappa shape index (κ2) is 9.55. The summed E-state index contributed by atoms with van der Waals surface area (Å²) in [4.78, 5) is 30.6. The van der Waals surface area contributed by atoms with E-state index < -0.39 is 0 Å². The maximum atomic E-state index is 13.4. The second-order valence-electron chi connectivity index (χ2n) is 6.90. The van der Waals surface area contributed by atoms with Gasteiger partial charge in [-0.1, -0.05) is 64.8 Å². The minimum Gasteiger partial charge on any atom is -0.324 e. The van der Waals surface area contributed by atoms with Crippen molar-refractivity contribution in [2.24, 2.45) is 0 Å². The van der Waals surface area contributed by atoms with E-state index in [2.05, 4.69) is 10.3 Å². The van der Waals surface area contributed by atoms with Crippen molar-refractivity contribution in [3.63, 3.8) is 0 Å². The molecule has 5 nitrogen and oxygen atoms in total. The monoisotopic (exact) mass is 503 g/mol. The molecule has 32 heavy (non-hydrogen) atoms. The van der Waals surface area contributed by atoms with Crippen molar-refractivity contribution in [3.05, 3.63) is 91.6 Å². The van der Waals surface area contributed by atoms with Gasteiger partial charge in [0, 0.05) is 10.0 Å². The highest BCUT2D eigenvalue weighted by molar-refractivity contribution is 7.99. The number of nitrogens with zero attached hydrogens (tertiary/aromatic N) is 2. The Balaban J connectivity index is 1.71. The van der Waals surface area contributed by atoms with Crippen LogP contribution in [0.1, 0.15) is 5.56 Å². The van der Waals surface area contributed by atoms with Gasteiger partial charge < -0.3 is 5.32 Å². The summed E-state index contributed by atoms with van der Waals surface area (Å²) in [6.07, 6.45) is 0. The molecule has 0 saturated carbocycles. The smallest absolute Gasteiger partial charge is 0.266 e. The van der Waals surface area contributed by atoms with Crippen molar-refractivity contribution >= 4 is 69.1 Å². The lowest BCUT2D eigenvalue weighted by molar-refractivity contribution is -0.113. The fourth-order valence-electron chi connectivity index (χ4n) is 3.17. The Morgan fingerprint density at radius 1 is 1.03 bits per heavy atom. The average molecular weight is 505 g/mol. The van der Waals surface area contributed by atoms with Gasteiger partial charge in [0.1, 0.15) is 0 Å². The lowest BCUT2D eigenvalue weighted by Gasteiger charge is -2.16. The Labute approximate surface area is 203 Å². The van der Waals surface area contributed by atoms with E-state index in [1.807, 2.05) is 13.0 Å². The molecule has 1 aromatic heterocycles. The largest absolute Gasteiger partial charge is 0.324 e. The third-order valence-corrected chi connectivity index (χ3v) is 6.67. The number of hydrogen-bond donors (Lipinski definition) is 1. The quantitative estimate of drug-likeness (QED) is 0.253. The maximum absolute atomic E-state index is 13.4. The summed E-state index contributed by atoms with van der Waals surface area (Å²) in [6, 6.07) is 17.2. The number of anilines is 1. The molecule has 162 valence electrons. The third-order valence-electron chi connectivity index (χ3n) is 4.76. The molecule has 0 unspecified atom stereocenters. The van der Waals surface area contributed by atoms with Gasteiger partial charge in [-0.2, -0.15) is 0 Å². The van der Waals surface area contributed by atoms with Gasteiger partial charge in [-0.3, -0.25) is 14.2 Å². The molecule has 3 aromatic carbocycles. The van der Waals surface area contributed by atoms with E-state index in [1.54, 1.807) is 54.6 Å². The zero-order valence-corrected chi connectivity index (χ0v) is 19.8. The van der Waals surface area contributed by atoms with E-state index in [9.17, 15) is 9.59 Å². The average Bonchev–Trinajstić information content (AvgIpc) is 2.77. The van der Waals surface area contributed by atoms with Gasteiger partial charge in [0.25, 0.3) is 5.56 Å². The molecule has 0 bridgehead atoms. The van der Waals surface area contributed by atoms with Gasteiger partial charge >= 0.3 is 0 Å². The van der Waals surface area contributed by atoms with Crippen LogP contribution in [-0.4, -0.2) is 21.2 Å². The summed E-state index contributed by atoms with van der Waals surface area (Å²) in [5.41, 5.74) is 2.09. The zero-order chi connectivity index (χ0) is 22.8. The number of hydrogen-bond acceptors (Lipinski definition) is 4. The molecule has 1 heterocycles. The van der Waals surface area contributed by atoms with Crippen LogP contribution in [0.15, 0.2) is 70.6 Å². The topological polar surface area (TPSA) is 64.0 Å². The molecule has 0 aliphatic heterocycles. The predicted molar refractivity (Wildman–Crippen MR) is 133 cm³/mol. The van der Waals surface area contributed by atoms with E-state index in [4.69, 9.17) is 34.8 Å². The van der Waals surface area contributed by atoms with Crippen LogP contribution >= 0.6 is 46.6 Å². The highest BCUT2D eigenvalue weighted by atomic mass is 35.5. The van der Waals surface area contributed by atoms with Crippen molar-refractivity contribution in [1.29, 1.82) is 0 Å². The van der Waals surface area contributed by atoms with Crippen LogP contribution in [0.25, 0.3) is 16.6 Å². The number of thioether (sulfide) groups is 1. The fourth-order valence-corrected chi connectivity index (χ4v) is 4.48. The predicted octanol–water partition coefficient (Wildman–Crippen LogP) is 6.39. The molecule has 0 aliphatic carbocycles. The molecule has 4 aromatic rings. The molecule has 0 spiro atoms. The molecule has 0 saturated heterocycles. The van der Waals surface area contributed by atoms with Crippen LogP contribution in [0.5, 0.6) is 0 Å². The highest BCUT2D eigenvalue weighted by Crippen LogP contribution is 2.28. The van der Waals surface area contributed by atoms with Gasteiger partial charge in [-0.05, 0) is 55.0 Å². The van der Waals surface area contributed by atoms with Crippen LogP contribution in [0, 0.1) is 6.92 Å². The van der Waals surface area contributed by atoms with Crippen LogP contribution in [0.2, 0.25) is 15.1 Å². The molecular weight excluding hydrogens is 489 g/mol. The number of fused-ring (bicyclic) bond motifs is 1. The molecule has 4 rings (SSSR count). The number of para-hydroxylation sites is 1. The summed E-state index contributed by atoms with van der Waals surface area (Å²) >= 11 is 19.6. The van der Waals surface area contributed by atoms with E-state index in [1.165, 1.54) is 4.57 Å². The van der Waals surface area contributed by atoms with Gasteiger partial charge in [0.15, 0.2) is 5.16 Å². The number of nitrogens with one attached hydrogen (secondary N) is 1. The number of aromatic nitrogens is 2. The molecule has 1 amide bonds. The van der Waals surface area contributed by atoms with E-state index >= 15 is 0 Å². The van der Waals surface area contributed by atoms with Crippen molar-refractivity contribution in [2.45, 2.75) is 12.1 Å². The molecule has 0 radical (unpaired) electrons. The SMILES string of the molecule is Cc1c(Cl)cccc1-n1c(SCC(=O)Nc2cc(Cl)ccc2Cl)nc2ccccc2c1=O. The van der Waals surface area contributed by atoms with E-state index in [0.717, 1.165) is 17.3 Å². The molecule has 0 fully saturated rings. The first kappa shape index (κ1) is 22.7. The van der Waals surface area contributed by atoms with Crippen molar-refractivity contribution in [1.82, 2.24) is 9.55 Å². The second-order valence-corrected chi connectivity index (χ2v) is 9.09. The Morgan fingerprint density at radius 2 is 1.81 bits per heavy atom. The van der Waals surface area contributed by atoms with Gasteiger partial charge in [0.2, 0.25) is 5.91 Å². The first-order valence-corrected chi connectivity index (χ1v) is 11.6. The molecule has 9 heteroatoms. The Kier molecular flexibility index (Phi) is 6.76. The first-order chi connectivity index (χ1) is 15.3. The van der Waals surface area contributed by atoms with Gasteiger partial charge in [0.05, 0.1) is 33.1 Å². The lowest BCUT2D eigenvalue weighted by Crippen LogP contribution is -2.23. The van der Waals surface area contributed by atoms with Gasteiger partial charge in [-0.15, -0.1) is 0 Å². The fraction of sp³-hybridized carbons (Fsp3) is 0.0870. The van der Waals surface area contributed by atoms with Crippen LogP contribution in [0.3, 0.4) is 0 Å². The Bertz CT molecular complexity index is 1410. The summed E-state index contributed by atoms with van der Waals surface area (Å²) in [5.74, 6) is -0.302. The molecule has 0 atom stereocenters. The van der Waals surface area contributed by atoms with Crippen LogP contribution in [-0.2, 0) is 4.79 Å². The molecular formula is C23H16Cl3N3O2S. The molecule has 0 aliphatic rings. The summed E-state index contributed by atoms with van der Waals surface area (Å²) < 4.78 is 1.49.